The van der Waals surface area contributed by atoms with Crippen LogP contribution in [0.1, 0.15) is 79.1 Å². The van der Waals surface area contributed by atoms with Gasteiger partial charge in [0.2, 0.25) is 5.91 Å². The average Bonchev–Trinajstić information content (AvgIpc) is 2.49. The average molecular weight is 341 g/mol. The van der Waals surface area contributed by atoms with E-state index in [9.17, 15) is 9.59 Å². The van der Waals surface area contributed by atoms with Gasteiger partial charge in [-0.1, -0.05) is 51.9 Å². The van der Waals surface area contributed by atoms with Gasteiger partial charge in [-0.25, -0.2) is 4.79 Å². The Morgan fingerprint density at radius 1 is 1.00 bits per heavy atom. The van der Waals surface area contributed by atoms with Gasteiger partial charge < -0.3 is 9.64 Å². The molecule has 1 rings (SSSR count). The minimum atomic E-state index is -0.519. The summed E-state index contributed by atoms with van der Waals surface area (Å²) in [6.07, 6.45) is 9.74. The van der Waals surface area contributed by atoms with Crippen molar-refractivity contribution in [2.24, 2.45) is 0 Å². The Kier molecular flexibility index (Phi) is 9.16. The van der Waals surface area contributed by atoms with Crippen LogP contribution in [0.5, 0.6) is 0 Å². The van der Waals surface area contributed by atoms with Crippen LogP contribution in [0.3, 0.4) is 0 Å². The fourth-order valence-corrected chi connectivity index (χ4v) is 2.86. The fourth-order valence-electron chi connectivity index (χ4n) is 2.86. The van der Waals surface area contributed by atoms with Crippen LogP contribution in [0, 0.1) is 0 Å². The zero-order chi connectivity index (χ0) is 18.0. The summed E-state index contributed by atoms with van der Waals surface area (Å²) in [5.41, 5.74) is -0.519. The van der Waals surface area contributed by atoms with Crippen molar-refractivity contribution in [2.75, 3.05) is 26.2 Å². The zero-order valence-electron chi connectivity index (χ0n) is 16.1. The van der Waals surface area contributed by atoms with Crippen molar-refractivity contribution in [1.29, 1.82) is 0 Å². The number of rotatable bonds is 9. The number of hydrogen-bond donors (Lipinski definition) is 0. The van der Waals surface area contributed by atoms with E-state index in [1.807, 2.05) is 25.7 Å². The van der Waals surface area contributed by atoms with Crippen molar-refractivity contribution < 1.29 is 14.3 Å². The monoisotopic (exact) mass is 340 g/mol. The van der Waals surface area contributed by atoms with Crippen LogP contribution in [0.15, 0.2) is 0 Å². The molecule has 5 heteroatoms. The second-order valence-corrected chi connectivity index (χ2v) is 7.76. The highest BCUT2D eigenvalue weighted by Gasteiger charge is 2.29. The van der Waals surface area contributed by atoms with Crippen molar-refractivity contribution in [1.82, 2.24) is 9.80 Å². The van der Waals surface area contributed by atoms with Crippen molar-refractivity contribution in [3.63, 3.8) is 0 Å². The van der Waals surface area contributed by atoms with Crippen LogP contribution < -0.4 is 0 Å². The first kappa shape index (κ1) is 20.8. The SMILES string of the molecule is CCCCCCCCCCN1CCN(C(=O)OC(C)(C)C)CC1=O. The van der Waals surface area contributed by atoms with Crippen LogP contribution in [-0.4, -0.2) is 53.6 Å². The van der Waals surface area contributed by atoms with E-state index in [0.29, 0.717) is 13.1 Å². The number of unbranched alkanes of at least 4 members (excludes halogenated alkanes) is 7. The molecule has 0 bridgehead atoms. The first-order valence-corrected chi connectivity index (χ1v) is 9.59. The highest BCUT2D eigenvalue weighted by atomic mass is 16.6. The second kappa shape index (κ2) is 10.6. The maximum absolute atomic E-state index is 12.2. The second-order valence-electron chi connectivity index (χ2n) is 7.76. The van der Waals surface area contributed by atoms with Crippen molar-refractivity contribution >= 4 is 12.0 Å². The third-order valence-electron chi connectivity index (χ3n) is 4.25. The number of nitrogens with zero attached hydrogens (tertiary/aromatic N) is 2. The molecular formula is C19H36N2O3. The summed E-state index contributed by atoms with van der Waals surface area (Å²) in [6.45, 7) is 9.90. The first-order valence-electron chi connectivity index (χ1n) is 9.59. The van der Waals surface area contributed by atoms with Gasteiger partial charge in [-0.05, 0) is 27.2 Å². The molecule has 1 aliphatic heterocycles. The Morgan fingerprint density at radius 2 is 1.58 bits per heavy atom. The summed E-state index contributed by atoms with van der Waals surface area (Å²) in [7, 11) is 0. The van der Waals surface area contributed by atoms with Gasteiger partial charge in [0.25, 0.3) is 0 Å². The topological polar surface area (TPSA) is 49.9 Å². The Bertz CT molecular complexity index is 391. The Morgan fingerprint density at radius 3 is 2.12 bits per heavy atom. The molecule has 1 saturated heterocycles. The van der Waals surface area contributed by atoms with E-state index in [0.717, 1.165) is 13.0 Å². The van der Waals surface area contributed by atoms with Gasteiger partial charge in [-0.15, -0.1) is 0 Å². The van der Waals surface area contributed by atoms with Crippen molar-refractivity contribution in [3.8, 4) is 0 Å². The molecule has 0 spiro atoms. The number of carbonyl (C=O) groups excluding carboxylic acids is 2. The number of hydrogen-bond acceptors (Lipinski definition) is 3. The number of piperazine rings is 1. The summed E-state index contributed by atoms with van der Waals surface area (Å²) in [5.74, 6) is 0.0371. The standard InChI is InChI=1S/C19H36N2O3/c1-5-6-7-8-9-10-11-12-13-20-14-15-21(16-17(20)22)18(23)24-19(2,3)4/h5-16H2,1-4H3. The normalized spacial score (nSPS) is 15.8. The van der Waals surface area contributed by atoms with Crippen LogP contribution in [0.25, 0.3) is 0 Å². The lowest BCUT2D eigenvalue weighted by Crippen LogP contribution is -2.53. The lowest BCUT2D eigenvalue weighted by Gasteiger charge is -2.35. The zero-order valence-corrected chi connectivity index (χ0v) is 16.1. The predicted octanol–water partition coefficient (Wildman–Crippen LogP) is 4.21. The highest BCUT2D eigenvalue weighted by Crippen LogP contribution is 2.13. The molecule has 1 heterocycles. The van der Waals surface area contributed by atoms with Gasteiger partial charge in [-0.2, -0.15) is 0 Å². The largest absolute Gasteiger partial charge is 0.444 e. The summed E-state index contributed by atoms with van der Waals surface area (Å²) >= 11 is 0. The molecule has 0 saturated carbocycles. The van der Waals surface area contributed by atoms with Crippen LogP contribution >= 0.6 is 0 Å². The van der Waals surface area contributed by atoms with E-state index >= 15 is 0 Å². The Hall–Kier alpha value is -1.26. The van der Waals surface area contributed by atoms with E-state index in [-0.39, 0.29) is 18.5 Å². The van der Waals surface area contributed by atoms with E-state index in [1.165, 1.54) is 49.8 Å². The maximum atomic E-state index is 12.2. The Labute approximate surface area is 147 Å². The van der Waals surface area contributed by atoms with Gasteiger partial charge >= 0.3 is 6.09 Å². The minimum Gasteiger partial charge on any atom is -0.444 e. The van der Waals surface area contributed by atoms with Gasteiger partial charge in [0.15, 0.2) is 0 Å². The van der Waals surface area contributed by atoms with E-state index in [4.69, 9.17) is 4.74 Å². The third kappa shape index (κ3) is 8.55. The van der Waals surface area contributed by atoms with E-state index < -0.39 is 5.60 Å². The summed E-state index contributed by atoms with van der Waals surface area (Å²) in [4.78, 5) is 27.6. The summed E-state index contributed by atoms with van der Waals surface area (Å²) < 4.78 is 5.33. The molecule has 5 nitrogen and oxygen atoms in total. The summed E-state index contributed by atoms with van der Waals surface area (Å²) in [6, 6.07) is 0. The predicted molar refractivity (Wildman–Crippen MR) is 97.0 cm³/mol. The summed E-state index contributed by atoms with van der Waals surface area (Å²) in [5, 5.41) is 0. The van der Waals surface area contributed by atoms with Crippen LogP contribution in [0.4, 0.5) is 4.79 Å². The minimum absolute atomic E-state index is 0.0371. The molecule has 2 amide bonds. The molecular weight excluding hydrogens is 304 g/mol. The highest BCUT2D eigenvalue weighted by molar-refractivity contribution is 5.83. The third-order valence-corrected chi connectivity index (χ3v) is 4.25. The molecule has 0 unspecified atom stereocenters. The van der Waals surface area contributed by atoms with Crippen LogP contribution in [-0.2, 0) is 9.53 Å². The van der Waals surface area contributed by atoms with E-state index in [2.05, 4.69) is 6.92 Å². The maximum Gasteiger partial charge on any atom is 0.410 e. The quantitative estimate of drug-likeness (QED) is 0.591. The number of amides is 2. The van der Waals surface area contributed by atoms with Gasteiger partial charge in [0, 0.05) is 19.6 Å². The lowest BCUT2D eigenvalue weighted by molar-refractivity contribution is -0.135. The molecule has 0 aliphatic carbocycles. The van der Waals surface area contributed by atoms with Gasteiger partial charge in [-0.3, -0.25) is 9.69 Å². The molecule has 0 atom stereocenters. The molecule has 1 fully saturated rings. The molecule has 0 aromatic heterocycles. The molecule has 140 valence electrons. The molecule has 0 aromatic rings. The molecule has 0 radical (unpaired) electrons. The molecule has 0 N–H and O–H groups in total. The van der Waals surface area contributed by atoms with Gasteiger partial charge in [0.1, 0.15) is 12.1 Å². The first-order chi connectivity index (χ1) is 11.3. The number of carbonyl (C=O) groups is 2. The van der Waals surface area contributed by atoms with Gasteiger partial charge in [0.05, 0.1) is 0 Å². The van der Waals surface area contributed by atoms with Crippen LogP contribution in [0.2, 0.25) is 0 Å². The number of ether oxygens (including phenoxy) is 1. The lowest BCUT2D eigenvalue weighted by atomic mass is 10.1. The Balaban J connectivity index is 2.16. The fraction of sp³-hybridized carbons (Fsp3) is 0.895. The van der Waals surface area contributed by atoms with E-state index in [1.54, 1.807) is 0 Å². The molecule has 0 aromatic carbocycles. The van der Waals surface area contributed by atoms with Crippen molar-refractivity contribution in [3.05, 3.63) is 0 Å². The van der Waals surface area contributed by atoms with Crippen molar-refractivity contribution in [2.45, 2.75) is 84.7 Å². The smallest absolute Gasteiger partial charge is 0.410 e. The molecule has 1 aliphatic rings. The molecule has 24 heavy (non-hydrogen) atoms.